The number of nitrogens with zero attached hydrogens (tertiary/aromatic N) is 1. The zero-order chi connectivity index (χ0) is 19.5. The van der Waals surface area contributed by atoms with Crippen molar-refractivity contribution in [1.82, 2.24) is 5.32 Å². The number of anilines is 1. The highest BCUT2D eigenvalue weighted by molar-refractivity contribution is 5.86. The number of rotatable bonds is 6. The average Bonchev–Trinajstić information content (AvgIpc) is 3.16. The van der Waals surface area contributed by atoms with Gasteiger partial charge < -0.3 is 15.3 Å². The first-order valence-electron chi connectivity index (χ1n) is 9.89. The van der Waals surface area contributed by atoms with E-state index in [1.807, 2.05) is 24.3 Å². The largest absolute Gasteiger partial charge is 0.481 e. The van der Waals surface area contributed by atoms with Crippen LogP contribution >= 0.6 is 0 Å². The van der Waals surface area contributed by atoms with Gasteiger partial charge in [0.25, 0.3) is 0 Å². The van der Waals surface area contributed by atoms with Crippen LogP contribution in [0.25, 0.3) is 10.8 Å². The normalized spacial score (nSPS) is 17.8. The first kappa shape index (κ1) is 18.5. The maximum absolute atomic E-state index is 10.8. The minimum Gasteiger partial charge on any atom is -0.481 e. The summed E-state index contributed by atoms with van der Waals surface area (Å²) in [4.78, 5) is 13.2. The molecule has 3 aromatic carbocycles. The number of hydrogen-bond donors (Lipinski definition) is 2. The Hall–Kier alpha value is -2.85. The Balaban J connectivity index is 1.41. The molecule has 0 aliphatic carbocycles. The third-order valence-corrected chi connectivity index (χ3v) is 5.62. The monoisotopic (exact) mass is 374 g/mol. The van der Waals surface area contributed by atoms with Crippen LogP contribution in [0.5, 0.6) is 0 Å². The summed E-state index contributed by atoms with van der Waals surface area (Å²) < 4.78 is 0. The molecule has 4 rings (SSSR count). The van der Waals surface area contributed by atoms with E-state index >= 15 is 0 Å². The van der Waals surface area contributed by atoms with Crippen LogP contribution in [0.4, 0.5) is 5.69 Å². The quantitative estimate of drug-likeness (QED) is 0.672. The van der Waals surface area contributed by atoms with Crippen molar-refractivity contribution in [2.75, 3.05) is 18.0 Å². The molecular formula is C24H26N2O2. The highest BCUT2D eigenvalue weighted by atomic mass is 16.4. The molecule has 0 saturated carbocycles. The van der Waals surface area contributed by atoms with E-state index in [0.717, 1.165) is 30.8 Å². The van der Waals surface area contributed by atoms with Gasteiger partial charge in [-0.3, -0.25) is 4.79 Å². The maximum Gasteiger partial charge on any atom is 0.307 e. The molecule has 4 heteroatoms. The molecule has 0 aromatic heterocycles. The zero-order valence-electron chi connectivity index (χ0n) is 16.1. The van der Waals surface area contributed by atoms with Gasteiger partial charge in [-0.1, -0.05) is 54.6 Å². The van der Waals surface area contributed by atoms with E-state index in [1.165, 1.54) is 16.3 Å². The third kappa shape index (κ3) is 4.02. The standard InChI is InChI=1S/C24H26N2O2/c1-17(22-8-4-6-19-5-2-3-7-23(19)22)25-20-13-14-26(16-20)21-11-9-18(10-12-21)15-24(27)28/h2-12,17,20,25H,13-16H2,1H3,(H,27,28)/t17-,20+/m1/s1. The Morgan fingerprint density at radius 2 is 1.86 bits per heavy atom. The fourth-order valence-corrected chi connectivity index (χ4v) is 4.20. The van der Waals surface area contributed by atoms with E-state index in [0.29, 0.717) is 6.04 Å². The number of aliphatic carboxylic acids is 1. The summed E-state index contributed by atoms with van der Waals surface area (Å²) >= 11 is 0. The van der Waals surface area contributed by atoms with Gasteiger partial charge in [-0.05, 0) is 47.4 Å². The van der Waals surface area contributed by atoms with Gasteiger partial charge in [0.2, 0.25) is 0 Å². The van der Waals surface area contributed by atoms with Crippen molar-refractivity contribution in [3.63, 3.8) is 0 Å². The third-order valence-electron chi connectivity index (χ3n) is 5.62. The molecular weight excluding hydrogens is 348 g/mol. The molecule has 2 atom stereocenters. The summed E-state index contributed by atoms with van der Waals surface area (Å²) in [7, 11) is 0. The fraction of sp³-hybridized carbons (Fsp3) is 0.292. The molecule has 0 amide bonds. The lowest BCUT2D eigenvalue weighted by atomic mass is 9.99. The molecule has 1 aliphatic rings. The van der Waals surface area contributed by atoms with Gasteiger partial charge in [0.15, 0.2) is 0 Å². The molecule has 3 aromatic rings. The number of hydrogen-bond acceptors (Lipinski definition) is 3. The summed E-state index contributed by atoms with van der Waals surface area (Å²) in [6, 6.07) is 23.7. The van der Waals surface area contributed by atoms with Crippen LogP contribution in [-0.4, -0.2) is 30.2 Å². The van der Waals surface area contributed by atoms with Gasteiger partial charge in [0.1, 0.15) is 0 Å². The van der Waals surface area contributed by atoms with Crippen molar-refractivity contribution >= 4 is 22.4 Å². The summed E-state index contributed by atoms with van der Waals surface area (Å²) in [6.07, 6.45) is 1.18. The highest BCUT2D eigenvalue weighted by Crippen LogP contribution is 2.26. The van der Waals surface area contributed by atoms with Gasteiger partial charge in [-0.25, -0.2) is 0 Å². The Kier molecular flexibility index (Phi) is 5.31. The van der Waals surface area contributed by atoms with Gasteiger partial charge in [-0.15, -0.1) is 0 Å². The number of benzene rings is 3. The van der Waals surface area contributed by atoms with Crippen LogP contribution in [0.15, 0.2) is 66.7 Å². The average molecular weight is 374 g/mol. The molecule has 0 spiro atoms. The molecule has 0 radical (unpaired) electrons. The highest BCUT2D eigenvalue weighted by Gasteiger charge is 2.24. The number of carboxylic acids is 1. The molecule has 144 valence electrons. The van der Waals surface area contributed by atoms with Gasteiger partial charge in [0.05, 0.1) is 6.42 Å². The van der Waals surface area contributed by atoms with Crippen molar-refractivity contribution < 1.29 is 9.90 Å². The smallest absolute Gasteiger partial charge is 0.307 e. The number of carboxylic acid groups (broad SMARTS) is 1. The Labute approximate surface area is 165 Å². The molecule has 0 bridgehead atoms. The van der Waals surface area contributed by atoms with E-state index < -0.39 is 5.97 Å². The Morgan fingerprint density at radius 3 is 2.64 bits per heavy atom. The summed E-state index contributed by atoms with van der Waals surface area (Å²) in [5, 5.41) is 15.3. The minimum atomic E-state index is -0.791. The summed E-state index contributed by atoms with van der Waals surface area (Å²) in [5.41, 5.74) is 3.35. The molecule has 1 fully saturated rings. The van der Waals surface area contributed by atoms with E-state index in [1.54, 1.807) is 0 Å². The molecule has 1 heterocycles. The van der Waals surface area contributed by atoms with E-state index in [-0.39, 0.29) is 12.5 Å². The lowest BCUT2D eigenvalue weighted by Crippen LogP contribution is -2.34. The van der Waals surface area contributed by atoms with Crippen LogP contribution < -0.4 is 10.2 Å². The van der Waals surface area contributed by atoms with Crippen LogP contribution in [-0.2, 0) is 11.2 Å². The maximum atomic E-state index is 10.8. The van der Waals surface area contributed by atoms with Crippen LogP contribution in [0.2, 0.25) is 0 Å². The topological polar surface area (TPSA) is 52.6 Å². The first-order valence-corrected chi connectivity index (χ1v) is 9.89. The predicted molar refractivity (Wildman–Crippen MR) is 114 cm³/mol. The summed E-state index contributed by atoms with van der Waals surface area (Å²) in [6.45, 7) is 4.22. The first-order chi connectivity index (χ1) is 13.6. The predicted octanol–water partition coefficient (Wildman–Crippen LogP) is 4.40. The molecule has 2 N–H and O–H groups in total. The van der Waals surface area contributed by atoms with Crippen molar-refractivity contribution in [1.29, 1.82) is 0 Å². The lowest BCUT2D eigenvalue weighted by Gasteiger charge is -2.23. The van der Waals surface area contributed by atoms with Gasteiger partial charge >= 0.3 is 5.97 Å². The Bertz CT molecular complexity index is 963. The van der Waals surface area contributed by atoms with E-state index in [4.69, 9.17) is 5.11 Å². The number of carbonyl (C=O) groups is 1. The van der Waals surface area contributed by atoms with E-state index in [9.17, 15) is 4.79 Å². The van der Waals surface area contributed by atoms with Gasteiger partial charge in [-0.2, -0.15) is 0 Å². The minimum absolute atomic E-state index is 0.0764. The van der Waals surface area contributed by atoms with Crippen molar-refractivity contribution in [3.05, 3.63) is 77.9 Å². The molecule has 1 aliphatic heterocycles. The van der Waals surface area contributed by atoms with E-state index in [2.05, 4.69) is 59.6 Å². The molecule has 28 heavy (non-hydrogen) atoms. The van der Waals surface area contributed by atoms with Crippen LogP contribution in [0.3, 0.4) is 0 Å². The number of fused-ring (bicyclic) bond motifs is 1. The summed E-state index contributed by atoms with van der Waals surface area (Å²) in [5.74, 6) is -0.791. The molecule has 1 saturated heterocycles. The lowest BCUT2D eigenvalue weighted by molar-refractivity contribution is -0.136. The van der Waals surface area contributed by atoms with Crippen molar-refractivity contribution in [2.45, 2.75) is 31.8 Å². The zero-order valence-corrected chi connectivity index (χ0v) is 16.1. The van der Waals surface area contributed by atoms with Crippen molar-refractivity contribution in [2.24, 2.45) is 0 Å². The van der Waals surface area contributed by atoms with Gasteiger partial charge in [0, 0.05) is 30.9 Å². The van der Waals surface area contributed by atoms with Crippen molar-refractivity contribution in [3.8, 4) is 0 Å². The number of nitrogens with one attached hydrogen (secondary N) is 1. The molecule has 0 unspecified atom stereocenters. The second-order valence-corrected chi connectivity index (χ2v) is 7.63. The second kappa shape index (κ2) is 8.03. The van der Waals surface area contributed by atoms with Crippen LogP contribution in [0.1, 0.15) is 30.5 Å². The van der Waals surface area contributed by atoms with Crippen LogP contribution in [0, 0.1) is 0 Å². The SMILES string of the molecule is C[C@@H](N[C@H]1CCN(c2ccc(CC(=O)O)cc2)C1)c1cccc2ccccc12. The second-order valence-electron chi connectivity index (χ2n) is 7.63. The molecule has 4 nitrogen and oxygen atoms in total. The fourth-order valence-electron chi connectivity index (χ4n) is 4.20. The Morgan fingerprint density at radius 1 is 1.11 bits per heavy atom.